The number of aliphatic hydroxyl groups is 10. The molecule has 0 spiro atoms. The van der Waals surface area contributed by atoms with Gasteiger partial charge in [0, 0.05) is 10.8 Å². The number of allylic oxidation sites excluding steroid dienone is 2. The molecule has 8 rings (SSSR count). The van der Waals surface area contributed by atoms with E-state index in [9.17, 15) is 61.0 Å². The lowest BCUT2D eigenvalue weighted by Crippen LogP contribution is -2.68. The summed E-state index contributed by atoms with van der Waals surface area (Å²) in [7, 11) is 0. The summed E-state index contributed by atoms with van der Waals surface area (Å²) in [4.78, 5) is 12.5. The quantitative estimate of drug-likeness (QED) is 0.111. The van der Waals surface area contributed by atoms with Gasteiger partial charge in [-0.3, -0.25) is 0 Å². The first-order valence-corrected chi connectivity index (χ1v) is 24.3. The zero-order valence-electron chi connectivity index (χ0n) is 39.6. The SMILES string of the molecule is C[C@H]1C[C@@]2(C)[C@H](O)CC(C)(C)C[C@@H]2C2=CC[C@H]3[C@@]4(C)CC[C@@H](O[C@H]5O[C@@H](C(=O)O)[C@H](O)[C@@H](O)[C@@H]5O[C@H]5O[C@H](CO)[C@H](O)[C@H](O)[C@@H]5O[C@@H]5O[C@H](C)[C@@H](O)[C@H](O)[C@H]5O)[C@](C)(CO)[C@H]4CC[C@@]3(C)[C@@H]21. The molecule has 3 aliphatic heterocycles. The molecule has 0 bridgehead atoms. The van der Waals surface area contributed by atoms with Crippen molar-refractivity contribution in [3.8, 4) is 0 Å². The van der Waals surface area contributed by atoms with E-state index in [1.54, 1.807) is 0 Å². The van der Waals surface area contributed by atoms with Crippen molar-refractivity contribution in [1.82, 2.24) is 0 Å². The normalized spacial score (nSPS) is 55.9. The number of hydrogen-bond acceptors (Lipinski definition) is 17. The highest BCUT2D eigenvalue weighted by atomic mass is 16.8. The van der Waals surface area contributed by atoms with Crippen LogP contribution in [0.2, 0.25) is 0 Å². The molecule has 0 aromatic carbocycles. The molecule has 0 amide bonds. The van der Waals surface area contributed by atoms with E-state index in [0.29, 0.717) is 30.6 Å². The van der Waals surface area contributed by atoms with Gasteiger partial charge >= 0.3 is 5.97 Å². The summed E-state index contributed by atoms with van der Waals surface area (Å²) in [5, 5.41) is 120. The second-order valence-electron chi connectivity index (χ2n) is 23.6. The van der Waals surface area contributed by atoms with Crippen LogP contribution in [0.25, 0.3) is 0 Å². The Labute approximate surface area is 387 Å². The van der Waals surface area contributed by atoms with Crippen molar-refractivity contribution in [1.29, 1.82) is 0 Å². The molecular formula is C48H78O18. The highest BCUT2D eigenvalue weighted by Crippen LogP contribution is 2.73. The number of hydrogen-bond donors (Lipinski definition) is 11. The fraction of sp³-hybridized carbons (Fsp3) is 0.938. The summed E-state index contributed by atoms with van der Waals surface area (Å²) in [6, 6.07) is 0. The summed E-state index contributed by atoms with van der Waals surface area (Å²) in [6.07, 6.45) is -18.5. The van der Waals surface area contributed by atoms with Gasteiger partial charge in [-0.2, -0.15) is 0 Å². The van der Waals surface area contributed by atoms with Crippen LogP contribution in [-0.4, -0.2) is 180 Å². The van der Waals surface area contributed by atoms with Gasteiger partial charge in [-0.05, 0) is 104 Å². The Morgan fingerprint density at radius 1 is 0.667 bits per heavy atom. The van der Waals surface area contributed by atoms with Crippen LogP contribution in [0.4, 0.5) is 0 Å². The van der Waals surface area contributed by atoms with Crippen LogP contribution in [0.5, 0.6) is 0 Å². The van der Waals surface area contributed by atoms with Gasteiger partial charge in [-0.25, -0.2) is 4.79 Å². The number of ether oxygens (including phenoxy) is 6. The Hall–Kier alpha value is -1.43. The second kappa shape index (κ2) is 18.0. The summed E-state index contributed by atoms with van der Waals surface area (Å²) in [5.74, 6) is -0.425. The standard InChI is InChI=1S/C48H78O18/c1-20-15-47(7)23(16-44(3,4)17-27(47)51)22-9-10-25-45(5)14-12-28(48(8,19-50)26(45)11-13-46(25,6)29(20)22)63-43-39(35(57)34(56)37(64-43)40(59)60)66-42-38(33(55)31(53)24(18-49)62-42)65-41-36(58)32(54)30(52)21(2)61-41/h9,20-21,23-39,41-43,49-58H,10-19H2,1-8H3,(H,59,60)/t20-,21+,23+,24+,25-,26-,27+,28+,29+,30+,31-,32-,33-,34+,35+,36+,37+,38-,39-,41-,42+,43-,45+,46+,47+,48+/m0/s1. The minimum atomic E-state index is -2.07. The number of fused-ring (bicyclic) bond motifs is 7. The minimum Gasteiger partial charge on any atom is -0.479 e. The fourth-order valence-electron chi connectivity index (χ4n) is 15.5. The van der Waals surface area contributed by atoms with Crippen molar-refractivity contribution in [3.05, 3.63) is 11.6 Å². The lowest BCUT2D eigenvalue weighted by Gasteiger charge is -2.69. The van der Waals surface area contributed by atoms with E-state index in [4.69, 9.17) is 28.4 Å². The number of carbonyl (C=O) groups is 1. The minimum absolute atomic E-state index is 0.0234. The third-order valence-electron chi connectivity index (χ3n) is 18.9. The van der Waals surface area contributed by atoms with Crippen LogP contribution in [0, 0.1) is 56.7 Å². The zero-order chi connectivity index (χ0) is 48.4. The topological polar surface area (TPSA) is 295 Å². The Morgan fingerprint density at radius 2 is 1.29 bits per heavy atom. The Balaban J connectivity index is 1.07. The maximum Gasteiger partial charge on any atom is 0.335 e. The van der Waals surface area contributed by atoms with E-state index in [1.807, 2.05) is 6.92 Å². The summed E-state index contributed by atoms with van der Waals surface area (Å²) < 4.78 is 36.2. The first-order valence-electron chi connectivity index (χ1n) is 24.3. The van der Waals surface area contributed by atoms with Crippen molar-refractivity contribution in [3.63, 3.8) is 0 Å². The number of aliphatic hydroxyl groups excluding tert-OH is 10. The Morgan fingerprint density at radius 3 is 1.92 bits per heavy atom. The van der Waals surface area contributed by atoms with E-state index >= 15 is 0 Å². The van der Waals surface area contributed by atoms with Crippen LogP contribution in [0.3, 0.4) is 0 Å². The van der Waals surface area contributed by atoms with Crippen LogP contribution in [-0.2, 0) is 33.2 Å². The first-order chi connectivity index (χ1) is 30.8. The number of aliphatic carboxylic acids is 1. The van der Waals surface area contributed by atoms with E-state index in [-0.39, 0.29) is 46.2 Å². The number of carboxylic acids is 1. The molecule has 0 aromatic rings. The lowest BCUT2D eigenvalue weighted by atomic mass is 9.36. The van der Waals surface area contributed by atoms with Gasteiger partial charge in [-0.1, -0.05) is 60.1 Å². The third-order valence-corrected chi connectivity index (χ3v) is 18.9. The first kappa shape index (κ1) is 50.9. The summed E-state index contributed by atoms with van der Waals surface area (Å²) in [6.45, 7) is 16.2. The van der Waals surface area contributed by atoms with E-state index in [0.717, 1.165) is 38.5 Å². The van der Waals surface area contributed by atoms with Crippen molar-refractivity contribution in [2.24, 2.45) is 56.7 Å². The predicted molar refractivity (Wildman–Crippen MR) is 230 cm³/mol. The molecule has 8 aliphatic rings. The molecule has 3 saturated heterocycles. The maximum absolute atomic E-state index is 12.5. The van der Waals surface area contributed by atoms with Gasteiger partial charge in [-0.15, -0.1) is 0 Å². The van der Waals surface area contributed by atoms with E-state index in [1.165, 1.54) is 12.5 Å². The van der Waals surface area contributed by atoms with Gasteiger partial charge in [0.05, 0.1) is 31.5 Å². The molecule has 11 N–H and O–H groups in total. The maximum atomic E-state index is 12.5. The van der Waals surface area contributed by atoms with Gasteiger partial charge in [0.2, 0.25) is 0 Å². The molecule has 0 aromatic heterocycles. The molecule has 3 heterocycles. The molecule has 18 heteroatoms. The number of carboxylic acid groups (broad SMARTS) is 1. The van der Waals surface area contributed by atoms with Crippen molar-refractivity contribution in [2.75, 3.05) is 13.2 Å². The monoisotopic (exact) mass is 943 g/mol. The summed E-state index contributed by atoms with van der Waals surface area (Å²) >= 11 is 0. The van der Waals surface area contributed by atoms with Gasteiger partial charge in [0.25, 0.3) is 0 Å². The van der Waals surface area contributed by atoms with Crippen molar-refractivity contribution >= 4 is 5.97 Å². The fourth-order valence-corrected chi connectivity index (χ4v) is 15.5. The van der Waals surface area contributed by atoms with Crippen molar-refractivity contribution < 1.29 is 89.4 Å². The van der Waals surface area contributed by atoms with E-state index in [2.05, 4.69) is 47.6 Å². The summed E-state index contributed by atoms with van der Waals surface area (Å²) in [5.41, 5.74) is 0.114. The molecular weight excluding hydrogens is 865 g/mol. The van der Waals surface area contributed by atoms with Gasteiger partial charge in [0.1, 0.15) is 61.0 Å². The highest BCUT2D eigenvalue weighted by Gasteiger charge is 2.68. The average molecular weight is 943 g/mol. The van der Waals surface area contributed by atoms with E-state index < -0.39 is 116 Å². The van der Waals surface area contributed by atoms with Crippen LogP contribution in [0.1, 0.15) is 107 Å². The molecule has 0 unspecified atom stereocenters. The average Bonchev–Trinajstić information content (AvgIpc) is 3.25. The molecule has 0 radical (unpaired) electrons. The smallest absolute Gasteiger partial charge is 0.335 e. The largest absolute Gasteiger partial charge is 0.479 e. The van der Waals surface area contributed by atoms with Crippen molar-refractivity contribution in [2.45, 2.75) is 211 Å². The lowest BCUT2D eigenvalue weighted by molar-refractivity contribution is -0.396. The molecule has 7 fully saturated rings. The second-order valence-corrected chi connectivity index (χ2v) is 23.6. The van der Waals surface area contributed by atoms with Gasteiger partial charge in [0.15, 0.2) is 25.0 Å². The molecule has 378 valence electrons. The molecule has 26 atom stereocenters. The number of rotatable bonds is 9. The highest BCUT2D eigenvalue weighted by molar-refractivity contribution is 5.73. The van der Waals surface area contributed by atoms with Crippen LogP contribution in [0.15, 0.2) is 11.6 Å². The predicted octanol–water partition coefficient (Wildman–Crippen LogP) is 0.561. The van der Waals surface area contributed by atoms with Gasteiger partial charge < -0.3 is 84.6 Å². The zero-order valence-corrected chi connectivity index (χ0v) is 39.6. The molecule has 18 nitrogen and oxygen atoms in total. The third kappa shape index (κ3) is 8.06. The molecule has 5 aliphatic carbocycles. The van der Waals surface area contributed by atoms with Crippen LogP contribution < -0.4 is 0 Å². The molecule has 4 saturated carbocycles. The van der Waals surface area contributed by atoms with Crippen LogP contribution >= 0.6 is 0 Å². The molecule has 66 heavy (non-hydrogen) atoms. The Bertz CT molecular complexity index is 1800. The Kier molecular flexibility index (Phi) is 13.9.